The Balaban J connectivity index is 1.92. The molecule has 19 heavy (non-hydrogen) atoms. The van der Waals surface area contributed by atoms with Crippen molar-refractivity contribution in [2.75, 3.05) is 5.32 Å². The summed E-state index contributed by atoms with van der Waals surface area (Å²) in [5, 5.41) is 5.06. The monoisotopic (exact) mass is 269 g/mol. The molecule has 0 spiro atoms. The molecule has 1 aromatic carbocycles. The maximum Gasteiger partial charge on any atom is 0.0934 e. The number of nitrogens with one attached hydrogen (secondary N) is 1. The lowest BCUT2D eigenvalue weighted by Crippen LogP contribution is -2.02. The first-order valence-corrected chi connectivity index (χ1v) is 6.39. The van der Waals surface area contributed by atoms with E-state index < -0.39 is 0 Å². The summed E-state index contributed by atoms with van der Waals surface area (Å²) in [7, 11) is 0. The third kappa shape index (κ3) is 2.66. The fraction of sp³-hybridized carbons (Fsp3) is 0.0667. The summed E-state index contributed by atoms with van der Waals surface area (Å²) in [5.41, 5.74) is 2.82. The van der Waals surface area contributed by atoms with Gasteiger partial charge in [-0.3, -0.25) is 9.97 Å². The SMILES string of the molecule is Clc1cc(NCc2ccccn2)c2ncccc2c1. The topological polar surface area (TPSA) is 37.8 Å². The van der Waals surface area contributed by atoms with E-state index in [4.69, 9.17) is 11.6 Å². The van der Waals surface area contributed by atoms with Gasteiger partial charge in [0.25, 0.3) is 0 Å². The molecule has 0 aliphatic carbocycles. The molecule has 0 atom stereocenters. The number of anilines is 1. The predicted molar refractivity (Wildman–Crippen MR) is 78.3 cm³/mol. The summed E-state index contributed by atoms with van der Waals surface area (Å²) in [6.07, 6.45) is 3.56. The molecule has 0 bridgehead atoms. The van der Waals surface area contributed by atoms with Gasteiger partial charge >= 0.3 is 0 Å². The predicted octanol–water partition coefficient (Wildman–Crippen LogP) is 3.90. The summed E-state index contributed by atoms with van der Waals surface area (Å²) >= 11 is 6.12. The molecule has 3 aromatic rings. The van der Waals surface area contributed by atoms with Crippen LogP contribution in [0, 0.1) is 0 Å². The fourth-order valence-electron chi connectivity index (χ4n) is 1.98. The summed E-state index contributed by atoms with van der Waals surface area (Å²) in [6.45, 7) is 0.646. The zero-order chi connectivity index (χ0) is 13.1. The Hall–Kier alpha value is -2.13. The van der Waals surface area contributed by atoms with E-state index in [1.807, 2.05) is 42.5 Å². The van der Waals surface area contributed by atoms with Crippen LogP contribution in [0.15, 0.2) is 54.9 Å². The zero-order valence-corrected chi connectivity index (χ0v) is 10.9. The number of aromatic nitrogens is 2. The molecule has 0 aliphatic heterocycles. The average Bonchev–Trinajstić information content (AvgIpc) is 2.45. The van der Waals surface area contributed by atoms with Crippen molar-refractivity contribution in [1.29, 1.82) is 0 Å². The van der Waals surface area contributed by atoms with Gasteiger partial charge in [0, 0.05) is 22.8 Å². The number of pyridine rings is 2. The van der Waals surface area contributed by atoms with Gasteiger partial charge in [0.05, 0.1) is 23.4 Å². The van der Waals surface area contributed by atoms with E-state index >= 15 is 0 Å². The van der Waals surface area contributed by atoms with Gasteiger partial charge in [0.1, 0.15) is 0 Å². The fourth-order valence-corrected chi connectivity index (χ4v) is 2.21. The molecule has 2 aromatic heterocycles. The van der Waals surface area contributed by atoms with Crippen LogP contribution in [0.25, 0.3) is 10.9 Å². The number of nitrogens with zero attached hydrogens (tertiary/aromatic N) is 2. The second-order valence-corrected chi connectivity index (χ2v) is 4.64. The van der Waals surface area contributed by atoms with Crippen LogP contribution in [0.3, 0.4) is 0 Å². The minimum absolute atomic E-state index is 0.646. The van der Waals surface area contributed by atoms with Crippen LogP contribution in [0.2, 0.25) is 5.02 Å². The van der Waals surface area contributed by atoms with Crippen LogP contribution in [0.4, 0.5) is 5.69 Å². The first-order chi connectivity index (χ1) is 9.33. The van der Waals surface area contributed by atoms with E-state index in [9.17, 15) is 0 Å². The van der Waals surface area contributed by atoms with E-state index in [2.05, 4.69) is 15.3 Å². The highest BCUT2D eigenvalue weighted by atomic mass is 35.5. The quantitative estimate of drug-likeness (QED) is 0.784. The Morgan fingerprint density at radius 2 is 1.89 bits per heavy atom. The van der Waals surface area contributed by atoms with Gasteiger partial charge in [0.15, 0.2) is 0 Å². The molecule has 2 heterocycles. The average molecular weight is 270 g/mol. The van der Waals surface area contributed by atoms with Gasteiger partial charge in [-0.05, 0) is 30.3 Å². The number of benzene rings is 1. The Morgan fingerprint density at radius 1 is 1.00 bits per heavy atom. The van der Waals surface area contributed by atoms with Crippen LogP contribution < -0.4 is 5.32 Å². The number of rotatable bonds is 3. The van der Waals surface area contributed by atoms with Gasteiger partial charge in [-0.25, -0.2) is 0 Å². The van der Waals surface area contributed by atoms with Gasteiger partial charge in [-0.15, -0.1) is 0 Å². The van der Waals surface area contributed by atoms with E-state index in [0.29, 0.717) is 11.6 Å². The molecule has 0 radical (unpaired) electrons. The summed E-state index contributed by atoms with van der Waals surface area (Å²) in [4.78, 5) is 8.67. The zero-order valence-electron chi connectivity index (χ0n) is 10.2. The van der Waals surface area contributed by atoms with Crippen molar-refractivity contribution in [2.24, 2.45) is 0 Å². The van der Waals surface area contributed by atoms with Crippen molar-refractivity contribution in [3.8, 4) is 0 Å². The molecule has 3 nitrogen and oxygen atoms in total. The van der Waals surface area contributed by atoms with E-state index in [-0.39, 0.29) is 0 Å². The van der Waals surface area contributed by atoms with Crippen LogP contribution in [0.1, 0.15) is 5.69 Å². The summed E-state index contributed by atoms with van der Waals surface area (Å²) in [6, 6.07) is 13.6. The van der Waals surface area contributed by atoms with Crippen molar-refractivity contribution >= 4 is 28.2 Å². The molecule has 4 heteroatoms. The van der Waals surface area contributed by atoms with Crippen molar-refractivity contribution in [3.05, 3.63) is 65.6 Å². The van der Waals surface area contributed by atoms with E-state index in [0.717, 1.165) is 22.3 Å². The Kier molecular flexibility index (Phi) is 3.29. The molecule has 1 N–H and O–H groups in total. The maximum atomic E-state index is 6.12. The van der Waals surface area contributed by atoms with Gasteiger partial charge in [-0.2, -0.15) is 0 Å². The summed E-state index contributed by atoms with van der Waals surface area (Å²) in [5.74, 6) is 0. The molecule has 0 fully saturated rings. The highest BCUT2D eigenvalue weighted by Gasteiger charge is 2.04. The van der Waals surface area contributed by atoms with Crippen LogP contribution in [-0.2, 0) is 6.54 Å². The Labute approximate surface area is 116 Å². The molecule has 0 amide bonds. The minimum atomic E-state index is 0.646. The number of halogens is 1. The maximum absolute atomic E-state index is 6.12. The van der Waals surface area contributed by atoms with Crippen molar-refractivity contribution in [1.82, 2.24) is 9.97 Å². The smallest absolute Gasteiger partial charge is 0.0934 e. The molecular formula is C15H12ClN3. The van der Waals surface area contributed by atoms with E-state index in [1.165, 1.54) is 0 Å². The van der Waals surface area contributed by atoms with E-state index in [1.54, 1.807) is 12.4 Å². The van der Waals surface area contributed by atoms with Gasteiger partial charge in [0.2, 0.25) is 0 Å². The molecule has 0 aliphatic rings. The lowest BCUT2D eigenvalue weighted by atomic mass is 10.2. The van der Waals surface area contributed by atoms with Crippen LogP contribution in [0.5, 0.6) is 0 Å². The van der Waals surface area contributed by atoms with Crippen molar-refractivity contribution in [3.63, 3.8) is 0 Å². The van der Waals surface area contributed by atoms with Crippen LogP contribution >= 0.6 is 11.6 Å². The molecule has 0 saturated carbocycles. The third-order valence-electron chi connectivity index (χ3n) is 2.86. The van der Waals surface area contributed by atoms with Gasteiger partial charge in [-0.1, -0.05) is 23.7 Å². The Bertz CT molecular complexity index is 698. The normalized spacial score (nSPS) is 10.6. The molecule has 0 unspecified atom stereocenters. The molecule has 0 saturated heterocycles. The Morgan fingerprint density at radius 3 is 2.74 bits per heavy atom. The first-order valence-electron chi connectivity index (χ1n) is 6.01. The minimum Gasteiger partial charge on any atom is -0.378 e. The number of fused-ring (bicyclic) bond motifs is 1. The molecular weight excluding hydrogens is 258 g/mol. The first kappa shape index (κ1) is 11.9. The molecule has 3 rings (SSSR count). The van der Waals surface area contributed by atoms with Crippen LogP contribution in [-0.4, -0.2) is 9.97 Å². The second-order valence-electron chi connectivity index (χ2n) is 4.20. The standard InChI is InChI=1S/C15H12ClN3/c16-12-8-11-4-3-7-18-15(11)14(9-12)19-10-13-5-1-2-6-17-13/h1-9,19H,10H2. The summed E-state index contributed by atoms with van der Waals surface area (Å²) < 4.78 is 0. The lowest BCUT2D eigenvalue weighted by Gasteiger charge is -2.09. The van der Waals surface area contributed by atoms with Crippen molar-refractivity contribution < 1.29 is 0 Å². The van der Waals surface area contributed by atoms with Gasteiger partial charge < -0.3 is 5.32 Å². The molecule has 94 valence electrons. The number of hydrogen-bond acceptors (Lipinski definition) is 3. The highest BCUT2D eigenvalue weighted by Crippen LogP contribution is 2.26. The largest absolute Gasteiger partial charge is 0.378 e. The highest BCUT2D eigenvalue weighted by molar-refractivity contribution is 6.31. The second kappa shape index (κ2) is 5.24. The van der Waals surface area contributed by atoms with Crippen molar-refractivity contribution in [2.45, 2.75) is 6.54 Å². The lowest BCUT2D eigenvalue weighted by molar-refractivity contribution is 1.05. The third-order valence-corrected chi connectivity index (χ3v) is 3.07. The number of hydrogen-bond donors (Lipinski definition) is 1.